The van der Waals surface area contributed by atoms with E-state index in [9.17, 15) is 32.4 Å². The Morgan fingerprint density at radius 3 is 2.48 bits per heavy atom. The molecule has 54 heavy (non-hydrogen) atoms. The molecule has 2 saturated carbocycles. The summed E-state index contributed by atoms with van der Waals surface area (Å²) in [5, 5.41) is 8.03. The van der Waals surface area contributed by atoms with Gasteiger partial charge in [-0.1, -0.05) is 36.3 Å². The predicted molar refractivity (Wildman–Crippen MR) is 194 cm³/mol. The van der Waals surface area contributed by atoms with Crippen LogP contribution in [0, 0.1) is 5.92 Å². The zero-order valence-corrected chi connectivity index (χ0v) is 31.3. The number of benzene rings is 1. The minimum Gasteiger partial charge on any atom is -0.494 e. The van der Waals surface area contributed by atoms with Crippen LogP contribution in [0.1, 0.15) is 80.3 Å². The minimum absolute atomic E-state index is 0.00433. The standard InChI is InChI=1S/C36H44N6O10S2/c43-30-28-18-23-21-42(28)32(45)27(9-5-3-1-2-4-8-22-19-36(22,40-30)33(46)41-54(48,49)26-14-15-26)39-34(47)51-17-7-6-16-50-24-10-12-25(13-11-24)52-35-37-20-29(53-35)31(44)38-23/h4,8,10-13,20,22-23,26-28H,1-3,5-7,9,14-19,21H2,(H,38,44)(H,39,47)(H,40,43)(H,41,46)/b8-4-/t22-,23-,27+,28+,36?/m1/s1. The maximum atomic E-state index is 14.4. The highest BCUT2D eigenvalue weighted by atomic mass is 32.2. The molecule has 8 rings (SSSR count). The third-order valence-electron chi connectivity index (χ3n) is 10.3. The normalized spacial score (nSPS) is 29.1. The monoisotopic (exact) mass is 784 g/mol. The number of thiazole rings is 1. The Labute approximate surface area is 316 Å². The zero-order chi connectivity index (χ0) is 37.9. The Hall–Kier alpha value is -4.71. The molecule has 4 N–H and O–H groups in total. The highest BCUT2D eigenvalue weighted by Crippen LogP contribution is 2.46. The van der Waals surface area contributed by atoms with E-state index in [4.69, 9.17) is 14.2 Å². The average molecular weight is 785 g/mol. The minimum atomic E-state index is -3.91. The molecule has 16 nitrogen and oxygen atoms in total. The van der Waals surface area contributed by atoms with Crippen LogP contribution in [-0.2, 0) is 29.1 Å². The highest BCUT2D eigenvalue weighted by molar-refractivity contribution is 7.91. The lowest BCUT2D eigenvalue weighted by Gasteiger charge is -2.30. The van der Waals surface area contributed by atoms with E-state index in [0.29, 0.717) is 56.6 Å². The molecular weight excluding hydrogens is 741 g/mol. The van der Waals surface area contributed by atoms with Gasteiger partial charge in [-0.25, -0.2) is 18.2 Å². The van der Waals surface area contributed by atoms with Crippen molar-refractivity contribution in [3.8, 4) is 16.7 Å². The van der Waals surface area contributed by atoms with Gasteiger partial charge in [-0.15, -0.1) is 0 Å². The van der Waals surface area contributed by atoms with E-state index in [0.717, 1.165) is 24.2 Å². The number of sulfonamides is 1. The lowest BCUT2D eigenvalue weighted by Crippen LogP contribution is -2.58. The van der Waals surface area contributed by atoms with Gasteiger partial charge in [-0.2, -0.15) is 0 Å². The van der Waals surface area contributed by atoms with Gasteiger partial charge in [-0.3, -0.25) is 23.9 Å². The number of allylic oxidation sites excluding steroid dienone is 1. The number of amides is 5. The summed E-state index contributed by atoms with van der Waals surface area (Å²) < 4.78 is 44.8. The second kappa shape index (κ2) is 15.9. The number of ether oxygens (including phenoxy) is 3. The maximum Gasteiger partial charge on any atom is 0.407 e. The molecule has 3 fully saturated rings. The lowest BCUT2D eigenvalue weighted by molar-refractivity contribution is -0.141. The fraction of sp³-hybridized carbons (Fsp3) is 0.556. The van der Waals surface area contributed by atoms with Gasteiger partial charge >= 0.3 is 6.09 Å². The van der Waals surface area contributed by atoms with Crippen LogP contribution in [0.3, 0.4) is 0 Å². The van der Waals surface area contributed by atoms with Crippen LogP contribution in [0.5, 0.6) is 16.7 Å². The number of nitrogens with zero attached hydrogens (tertiary/aromatic N) is 2. The number of carbonyl (C=O) groups excluding carboxylic acids is 5. The van der Waals surface area contributed by atoms with Gasteiger partial charge < -0.3 is 35.1 Å². The molecule has 6 aliphatic rings. The molecule has 1 saturated heterocycles. The van der Waals surface area contributed by atoms with Crippen molar-refractivity contribution in [1.29, 1.82) is 0 Å². The van der Waals surface area contributed by atoms with E-state index in [1.54, 1.807) is 24.3 Å². The Balaban J connectivity index is 1.16. The fourth-order valence-corrected chi connectivity index (χ4v) is 9.07. The molecule has 5 atom stereocenters. The molecule has 1 aromatic carbocycles. The zero-order valence-electron chi connectivity index (χ0n) is 29.6. The number of aromatic nitrogens is 1. The first-order valence-electron chi connectivity index (χ1n) is 18.5. The van der Waals surface area contributed by atoms with Crippen LogP contribution in [0.4, 0.5) is 4.79 Å². The topological polar surface area (TPSA) is 211 Å². The molecule has 2 aromatic rings. The number of carbonyl (C=O) groups is 5. The van der Waals surface area contributed by atoms with Gasteiger partial charge in [0.1, 0.15) is 34.0 Å². The molecule has 18 heteroatoms. The van der Waals surface area contributed by atoms with E-state index >= 15 is 0 Å². The second-order valence-corrected chi connectivity index (χ2v) is 17.3. The van der Waals surface area contributed by atoms with Crippen molar-refractivity contribution in [2.75, 3.05) is 19.8 Å². The molecule has 2 aliphatic carbocycles. The van der Waals surface area contributed by atoms with Crippen LogP contribution < -0.4 is 30.1 Å². The number of rotatable bonds is 3. The third kappa shape index (κ3) is 8.80. The molecule has 0 radical (unpaired) electrons. The van der Waals surface area contributed by atoms with Gasteiger partial charge in [0.15, 0.2) is 0 Å². The van der Waals surface area contributed by atoms with Gasteiger partial charge in [0.2, 0.25) is 21.8 Å². The summed E-state index contributed by atoms with van der Waals surface area (Å²) in [5.74, 6) is -1.85. The van der Waals surface area contributed by atoms with E-state index < -0.39 is 74.6 Å². The molecule has 0 spiro atoms. The molecular formula is C36H44N6O10S2. The van der Waals surface area contributed by atoms with Gasteiger partial charge in [0.25, 0.3) is 17.0 Å². The molecule has 5 heterocycles. The summed E-state index contributed by atoms with van der Waals surface area (Å²) in [6, 6.07) is 4.05. The van der Waals surface area contributed by atoms with Crippen molar-refractivity contribution >= 4 is 51.1 Å². The highest BCUT2D eigenvalue weighted by Gasteiger charge is 2.62. The summed E-state index contributed by atoms with van der Waals surface area (Å²) in [6.07, 6.45) is 9.64. The number of hydrogen-bond donors (Lipinski definition) is 4. The largest absolute Gasteiger partial charge is 0.494 e. The van der Waals surface area contributed by atoms with E-state index in [1.165, 1.54) is 11.1 Å². The first kappa shape index (κ1) is 37.6. The van der Waals surface area contributed by atoms with Crippen molar-refractivity contribution in [2.45, 2.75) is 99.5 Å². The molecule has 1 unspecified atom stereocenters. The van der Waals surface area contributed by atoms with E-state index in [2.05, 4.69) is 25.7 Å². The predicted octanol–water partition coefficient (Wildman–Crippen LogP) is 2.91. The Morgan fingerprint density at radius 1 is 0.944 bits per heavy atom. The van der Waals surface area contributed by atoms with Crippen molar-refractivity contribution in [3.63, 3.8) is 0 Å². The van der Waals surface area contributed by atoms with E-state index in [-0.39, 0.29) is 42.5 Å². The number of hydrogen-bond acceptors (Lipinski definition) is 12. The molecule has 4 aliphatic heterocycles. The van der Waals surface area contributed by atoms with Crippen molar-refractivity contribution in [3.05, 3.63) is 47.5 Å². The molecule has 290 valence electrons. The summed E-state index contributed by atoms with van der Waals surface area (Å²) >= 11 is 1.02. The van der Waals surface area contributed by atoms with Crippen molar-refractivity contribution in [2.24, 2.45) is 5.92 Å². The van der Waals surface area contributed by atoms with E-state index in [1.807, 2.05) is 12.2 Å². The Kier molecular flexibility index (Phi) is 11.1. The van der Waals surface area contributed by atoms with Gasteiger partial charge in [0.05, 0.1) is 24.7 Å². The van der Waals surface area contributed by atoms with Crippen LogP contribution in [-0.4, -0.2) is 96.7 Å². The molecule has 1 aromatic heterocycles. The summed E-state index contributed by atoms with van der Waals surface area (Å²) in [6.45, 7) is 0.407. The number of fused-ring (bicyclic) bond motifs is 11. The van der Waals surface area contributed by atoms with Crippen LogP contribution >= 0.6 is 11.3 Å². The lowest BCUT2D eigenvalue weighted by atomic mass is 10.0. The average Bonchev–Trinajstić information content (AvgIpc) is 4.02. The fourth-order valence-electron chi connectivity index (χ4n) is 7.02. The SMILES string of the molecule is O=C1N[C@H]2CCCCC/C=C\[C@@H]3CC3(C(=O)NS(=O)(=O)C3CC3)NC(=O)[C@@H]3C[C@H](CN3C2=O)NC(=O)c2cnc(s2)Oc2ccc(cc2)OCCCCO1. The van der Waals surface area contributed by atoms with Crippen LogP contribution in [0.2, 0.25) is 0 Å². The third-order valence-corrected chi connectivity index (χ3v) is 13.0. The van der Waals surface area contributed by atoms with Gasteiger partial charge in [0, 0.05) is 18.5 Å². The van der Waals surface area contributed by atoms with Gasteiger partial charge in [-0.05, 0) is 82.1 Å². The maximum absolute atomic E-state index is 14.4. The van der Waals surface area contributed by atoms with Crippen molar-refractivity contribution in [1.82, 2.24) is 30.6 Å². The molecule has 5 amide bonds. The Morgan fingerprint density at radius 2 is 1.70 bits per heavy atom. The number of alkyl carbamates (subject to hydrolysis) is 1. The second-order valence-electron chi connectivity index (χ2n) is 14.4. The summed E-state index contributed by atoms with van der Waals surface area (Å²) in [7, 11) is -3.91. The summed E-state index contributed by atoms with van der Waals surface area (Å²) in [4.78, 5) is 74.5. The smallest absolute Gasteiger partial charge is 0.407 e. The number of nitrogens with one attached hydrogen (secondary N) is 4. The summed E-state index contributed by atoms with van der Waals surface area (Å²) in [5.41, 5.74) is -1.53. The Bertz CT molecular complexity index is 1900. The first-order chi connectivity index (χ1) is 26.0. The quantitative estimate of drug-likeness (QED) is 0.333. The van der Waals surface area contributed by atoms with Crippen LogP contribution in [0.25, 0.3) is 0 Å². The first-order valence-corrected chi connectivity index (χ1v) is 20.8. The van der Waals surface area contributed by atoms with Crippen LogP contribution in [0.15, 0.2) is 42.6 Å². The molecule has 7 bridgehead atoms. The van der Waals surface area contributed by atoms with Crippen molar-refractivity contribution < 1.29 is 46.6 Å².